The highest BCUT2D eigenvalue weighted by atomic mass is 32.1. The molecule has 5 nitrogen and oxygen atoms in total. The van der Waals surface area contributed by atoms with Crippen molar-refractivity contribution < 1.29 is 14.1 Å². The zero-order valence-corrected chi connectivity index (χ0v) is 9.39. The van der Waals surface area contributed by atoms with Crippen LogP contribution in [0.15, 0.2) is 39.6 Å². The van der Waals surface area contributed by atoms with E-state index < -0.39 is 4.92 Å². The van der Waals surface area contributed by atoms with E-state index in [1.54, 1.807) is 6.07 Å². The molecule has 0 radical (unpaired) electrons. The van der Waals surface area contributed by atoms with Crippen molar-refractivity contribution in [3.05, 3.63) is 46.2 Å². The van der Waals surface area contributed by atoms with Crippen molar-refractivity contribution in [3.8, 4) is 11.3 Å². The minimum Gasteiger partial charge on any atom is -0.453 e. The van der Waals surface area contributed by atoms with Gasteiger partial charge in [0.25, 0.3) is 5.69 Å². The van der Waals surface area contributed by atoms with Gasteiger partial charge in [-0.3, -0.25) is 14.9 Å². The van der Waals surface area contributed by atoms with Gasteiger partial charge in [-0.2, -0.15) is 0 Å². The van der Waals surface area contributed by atoms with Gasteiger partial charge in [-0.1, -0.05) is 0 Å². The molecule has 17 heavy (non-hydrogen) atoms. The van der Waals surface area contributed by atoms with E-state index in [0.717, 1.165) is 0 Å². The second-order valence-electron chi connectivity index (χ2n) is 3.28. The first kappa shape index (κ1) is 11.4. The number of nitrogens with zero attached hydrogens (tertiary/aromatic N) is 1. The zero-order chi connectivity index (χ0) is 12.4. The average Bonchev–Trinajstić information content (AvgIpc) is 2.77. The van der Waals surface area contributed by atoms with Gasteiger partial charge in [0.15, 0.2) is 12.0 Å². The quantitative estimate of drug-likeness (QED) is 0.393. The SMILES string of the molecule is O=Cc1ccc(-c2ccc([N+](=O)[O-])cc2S)o1. The van der Waals surface area contributed by atoms with Crippen LogP contribution < -0.4 is 0 Å². The third-order valence-corrected chi connectivity index (χ3v) is 2.57. The Labute approximate surface area is 102 Å². The number of rotatable bonds is 3. The molecule has 0 aliphatic rings. The molecule has 0 bridgehead atoms. The predicted molar refractivity (Wildman–Crippen MR) is 63.4 cm³/mol. The molecule has 1 aromatic heterocycles. The Hall–Kier alpha value is -2.08. The van der Waals surface area contributed by atoms with Crippen molar-refractivity contribution in [1.82, 2.24) is 0 Å². The van der Waals surface area contributed by atoms with Crippen LogP contribution in [0, 0.1) is 10.1 Å². The van der Waals surface area contributed by atoms with Crippen LogP contribution in [0.25, 0.3) is 11.3 Å². The molecule has 0 N–H and O–H groups in total. The molecule has 86 valence electrons. The van der Waals surface area contributed by atoms with E-state index >= 15 is 0 Å². The fourth-order valence-corrected chi connectivity index (χ4v) is 1.72. The third kappa shape index (κ3) is 2.21. The van der Waals surface area contributed by atoms with E-state index in [1.165, 1.54) is 24.3 Å². The number of non-ortho nitro benzene ring substituents is 1. The number of hydrogen-bond acceptors (Lipinski definition) is 5. The van der Waals surface area contributed by atoms with Gasteiger partial charge in [-0.25, -0.2) is 0 Å². The van der Waals surface area contributed by atoms with Crippen LogP contribution in [0.2, 0.25) is 0 Å². The minimum atomic E-state index is -0.498. The smallest absolute Gasteiger partial charge is 0.270 e. The molecule has 6 heteroatoms. The summed E-state index contributed by atoms with van der Waals surface area (Å²) in [5.74, 6) is 0.651. The van der Waals surface area contributed by atoms with Gasteiger partial charge in [-0.15, -0.1) is 12.6 Å². The predicted octanol–water partition coefficient (Wildman–Crippen LogP) is 2.96. The highest BCUT2D eigenvalue weighted by Gasteiger charge is 2.12. The Balaban J connectivity index is 2.46. The summed E-state index contributed by atoms with van der Waals surface area (Å²) in [6.07, 6.45) is 0.590. The molecule has 0 amide bonds. The number of aldehydes is 1. The molecule has 0 aliphatic carbocycles. The summed E-state index contributed by atoms with van der Waals surface area (Å²) in [6.45, 7) is 0. The first-order chi connectivity index (χ1) is 8.11. The van der Waals surface area contributed by atoms with Gasteiger partial charge in [0.2, 0.25) is 0 Å². The van der Waals surface area contributed by atoms with Gasteiger partial charge < -0.3 is 4.42 Å². The lowest BCUT2D eigenvalue weighted by molar-refractivity contribution is -0.385. The van der Waals surface area contributed by atoms with E-state index in [-0.39, 0.29) is 11.4 Å². The molecule has 2 aromatic rings. The summed E-state index contributed by atoms with van der Waals surface area (Å²) in [7, 11) is 0. The Morgan fingerprint density at radius 3 is 2.59 bits per heavy atom. The molecular weight excluding hydrogens is 242 g/mol. The molecule has 0 aliphatic heterocycles. The zero-order valence-electron chi connectivity index (χ0n) is 8.49. The van der Waals surface area contributed by atoms with Gasteiger partial charge in [0.05, 0.1) is 4.92 Å². The maximum atomic E-state index is 10.6. The van der Waals surface area contributed by atoms with Crippen molar-refractivity contribution in [2.45, 2.75) is 4.90 Å². The fraction of sp³-hybridized carbons (Fsp3) is 0. The van der Waals surface area contributed by atoms with Crippen LogP contribution in [0.1, 0.15) is 10.6 Å². The Morgan fingerprint density at radius 2 is 2.06 bits per heavy atom. The number of nitro groups is 1. The molecule has 0 fully saturated rings. The number of thiol groups is 1. The maximum absolute atomic E-state index is 10.6. The van der Waals surface area contributed by atoms with Crippen LogP contribution in [0.3, 0.4) is 0 Å². The molecule has 1 aromatic carbocycles. The van der Waals surface area contributed by atoms with E-state index in [0.29, 0.717) is 22.5 Å². The van der Waals surface area contributed by atoms with Crippen molar-refractivity contribution >= 4 is 24.6 Å². The maximum Gasteiger partial charge on any atom is 0.270 e. The standard InChI is InChI=1S/C11H7NO4S/c13-6-8-2-4-10(16-8)9-3-1-7(12(14)15)5-11(9)17/h1-6,17H. The Kier molecular flexibility index (Phi) is 2.97. The van der Waals surface area contributed by atoms with E-state index in [4.69, 9.17) is 4.42 Å². The van der Waals surface area contributed by atoms with Crippen LogP contribution in [0.5, 0.6) is 0 Å². The number of furan rings is 1. The van der Waals surface area contributed by atoms with E-state index in [1.807, 2.05) is 0 Å². The number of hydrogen-bond donors (Lipinski definition) is 1. The highest BCUT2D eigenvalue weighted by Crippen LogP contribution is 2.30. The number of nitro benzene ring substituents is 1. The third-order valence-electron chi connectivity index (χ3n) is 2.20. The lowest BCUT2D eigenvalue weighted by Crippen LogP contribution is -1.88. The first-order valence-electron chi connectivity index (χ1n) is 4.64. The summed E-state index contributed by atoms with van der Waals surface area (Å²) < 4.78 is 5.21. The fourth-order valence-electron chi connectivity index (χ4n) is 1.40. The van der Waals surface area contributed by atoms with Crippen LogP contribution in [-0.2, 0) is 0 Å². The van der Waals surface area contributed by atoms with Gasteiger partial charge in [0.1, 0.15) is 5.76 Å². The summed E-state index contributed by atoms with van der Waals surface area (Å²) in [6, 6.07) is 7.37. The summed E-state index contributed by atoms with van der Waals surface area (Å²) >= 11 is 4.16. The Morgan fingerprint density at radius 1 is 1.29 bits per heavy atom. The van der Waals surface area contributed by atoms with Crippen LogP contribution in [-0.4, -0.2) is 11.2 Å². The summed E-state index contributed by atoms with van der Waals surface area (Å²) in [5, 5.41) is 10.6. The minimum absolute atomic E-state index is 0.0408. The van der Waals surface area contributed by atoms with Crippen molar-refractivity contribution in [2.24, 2.45) is 0 Å². The lowest BCUT2D eigenvalue weighted by Gasteiger charge is -2.01. The van der Waals surface area contributed by atoms with Crippen LogP contribution in [0.4, 0.5) is 5.69 Å². The molecule has 0 atom stereocenters. The average molecular weight is 249 g/mol. The number of carbonyl (C=O) groups is 1. The molecule has 0 saturated carbocycles. The molecule has 1 heterocycles. The molecular formula is C11H7NO4S. The van der Waals surface area contributed by atoms with Crippen molar-refractivity contribution in [3.63, 3.8) is 0 Å². The lowest BCUT2D eigenvalue weighted by atomic mass is 10.1. The van der Waals surface area contributed by atoms with E-state index in [2.05, 4.69) is 12.6 Å². The molecule has 0 unspecified atom stereocenters. The summed E-state index contributed by atoms with van der Waals surface area (Å²) in [4.78, 5) is 21.0. The Bertz CT molecular complexity index is 591. The number of carbonyl (C=O) groups excluding carboxylic acids is 1. The van der Waals surface area contributed by atoms with Crippen LogP contribution >= 0.6 is 12.6 Å². The topological polar surface area (TPSA) is 73.3 Å². The van der Waals surface area contributed by atoms with Gasteiger partial charge in [0, 0.05) is 22.6 Å². The van der Waals surface area contributed by atoms with Crippen molar-refractivity contribution in [1.29, 1.82) is 0 Å². The van der Waals surface area contributed by atoms with Gasteiger partial charge in [-0.05, 0) is 18.2 Å². The number of benzene rings is 1. The normalized spacial score (nSPS) is 10.2. The largest absolute Gasteiger partial charge is 0.453 e. The summed E-state index contributed by atoms with van der Waals surface area (Å²) in [5.41, 5.74) is 0.563. The second-order valence-corrected chi connectivity index (χ2v) is 3.76. The molecule has 2 rings (SSSR count). The highest BCUT2D eigenvalue weighted by molar-refractivity contribution is 7.80. The van der Waals surface area contributed by atoms with Gasteiger partial charge >= 0.3 is 0 Å². The van der Waals surface area contributed by atoms with Crippen molar-refractivity contribution in [2.75, 3.05) is 0 Å². The molecule has 0 saturated heterocycles. The van der Waals surface area contributed by atoms with E-state index in [9.17, 15) is 14.9 Å². The second kappa shape index (κ2) is 4.42. The monoisotopic (exact) mass is 249 g/mol. The molecule has 0 spiro atoms. The first-order valence-corrected chi connectivity index (χ1v) is 5.09.